The molecule has 0 N–H and O–H groups in total. The molecule has 6 heteroatoms. The maximum Gasteiger partial charge on any atom is 0.129 e. The summed E-state index contributed by atoms with van der Waals surface area (Å²) in [4.78, 5) is 11.9. The van der Waals surface area contributed by atoms with E-state index in [4.69, 9.17) is 23.2 Å². The van der Waals surface area contributed by atoms with E-state index in [9.17, 15) is 0 Å². The van der Waals surface area contributed by atoms with E-state index in [1.165, 1.54) is 4.88 Å². The molecule has 2 heterocycles. The van der Waals surface area contributed by atoms with Crippen LogP contribution in [0.25, 0.3) is 0 Å². The first-order chi connectivity index (χ1) is 8.56. The molecule has 2 aromatic rings. The lowest BCUT2D eigenvalue weighted by Crippen LogP contribution is -2.18. The van der Waals surface area contributed by atoms with Crippen molar-refractivity contribution in [2.45, 2.75) is 20.0 Å². The molecule has 0 saturated carbocycles. The van der Waals surface area contributed by atoms with Gasteiger partial charge >= 0.3 is 0 Å². The summed E-state index contributed by atoms with van der Waals surface area (Å²) < 4.78 is 0. The predicted molar refractivity (Wildman–Crippen MR) is 76.3 cm³/mol. The van der Waals surface area contributed by atoms with Gasteiger partial charge in [0.25, 0.3) is 0 Å². The van der Waals surface area contributed by atoms with E-state index < -0.39 is 0 Å². The van der Waals surface area contributed by atoms with Crippen molar-refractivity contribution < 1.29 is 0 Å². The van der Waals surface area contributed by atoms with Gasteiger partial charge < -0.3 is 0 Å². The number of aryl methyl sites for hydroxylation is 1. The van der Waals surface area contributed by atoms with Crippen molar-refractivity contribution in [1.82, 2.24) is 14.9 Å². The largest absolute Gasteiger partial charge is 0.295 e. The van der Waals surface area contributed by atoms with Gasteiger partial charge in [0.15, 0.2) is 0 Å². The Hall–Kier alpha value is -0.680. The third-order valence-corrected chi connectivity index (χ3v) is 4.04. The minimum absolute atomic E-state index is 0.469. The highest BCUT2D eigenvalue weighted by atomic mass is 35.5. The highest BCUT2D eigenvalue weighted by molar-refractivity contribution is 7.09. The number of aromatic nitrogens is 2. The first kappa shape index (κ1) is 13.7. The summed E-state index contributed by atoms with van der Waals surface area (Å²) in [6.45, 7) is 3.52. The van der Waals surface area contributed by atoms with Crippen LogP contribution in [-0.2, 0) is 13.1 Å². The monoisotopic (exact) mass is 301 g/mol. The third-order valence-electron chi connectivity index (χ3n) is 2.56. The van der Waals surface area contributed by atoms with Crippen LogP contribution in [0.3, 0.4) is 0 Å². The summed E-state index contributed by atoms with van der Waals surface area (Å²) in [7, 11) is 2.03. The molecule has 0 amide bonds. The van der Waals surface area contributed by atoms with Crippen molar-refractivity contribution in [2.75, 3.05) is 7.05 Å². The topological polar surface area (TPSA) is 29.0 Å². The van der Waals surface area contributed by atoms with Gasteiger partial charge in [-0.2, -0.15) is 0 Å². The minimum Gasteiger partial charge on any atom is -0.295 e. The Balaban J connectivity index is 2.05. The molecule has 0 spiro atoms. The second-order valence-electron chi connectivity index (χ2n) is 4.10. The van der Waals surface area contributed by atoms with Crippen molar-refractivity contribution >= 4 is 34.5 Å². The number of hydrogen-bond acceptors (Lipinski definition) is 4. The molecule has 0 aromatic carbocycles. The van der Waals surface area contributed by atoms with Crippen LogP contribution >= 0.6 is 34.5 Å². The second kappa shape index (κ2) is 5.97. The van der Waals surface area contributed by atoms with Gasteiger partial charge in [0.05, 0.1) is 21.9 Å². The number of thiazole rings is 1. The highest BCUT2D eigenvalue weighted by Gasteiger charge is 2.09. The van der Waals surface area contributed by atoms with Gasteiger partial charge in [-0.3, -0.25) is 4.90 Å². The van der Waals surface area contributed by atoms with Gasteiger partial charge in [-0.1, -0.05) is 23.2 Å². The molecule has 0 aliphatic rings. The zero-order valence-electron chi connectivity index (χ0n) is 10.2. The molecule has 0 bridgehead atoms. The molecule has 0 saturated heterocycles. The standard InChI is InChI=1S/C12H13Cl2N3S/c1-8-11(18-7-15-8)6-17(2)5-10-9(13)3-4-12(14)16-10/h3-4,7H,5-6H2,1-2H3. The van der Waals surface area contributed by atoms with Gasteiger partial charge in [0, 0.05) is 18.0 Å². The zero-order valence-corrected chi connectivity index (χ0v) is 12.5. The van der Waals surface area contributed by atoms with Crippen molar-refractivity contribution in [1.29, 1.82) is 0 Å². The van der Waals surface area contributed by atoms with Crippen molar-refractivity contribution in [3.63, 3.8) is 0 Å². The Morgan fingerprint density at radius 2 is 2.06 bits per heavy atom. The van der Waals surface area contributed by atoms with Gasteiger partial charge in [-0.25, -0.2) is 9.97 Å². The second-order valence-corrected chi connectivity index (χ2v) is 5.83. The summed E-state index contributed by atoms with van der Waals surface area (Å²) in [5.41, 5.74) is 3.74. The fourth-order valence-corrected chi connectivity index (χ4v) is 2.79. The van der Waals surface area contributed by atoms with Crippen molar-refractivity contribution in [2.24, 2.45) is 0 Å². The lowest BCUT2D eigenvalue weighted by molar-refractivity contribution is 0.317. The van der Waals surface area contributed by atoms with Crippen LogP contribution in [0.5, 0.6) is 0 Å². The SMILES string of the molecule is Cc1ncsc1CN(C)Cc1nc(Cl)ccc1Cl. The summed E-state index contributed by atoms with van der Waals surface area (Å²) >= 11 is 13.6. The van der Waals surface area contributed by atoms with E-state index >= 15 is 0 Å². The van der Waals surface area contributed by atoms with Gasteiger partial charge in [-0.05, 0) is 26.1 Å². The molecule has 0 unspecified atom stereocenters. The normalized spacial score (nSPS) is 11.2. The molecule has 2 rings (SSSR count). The first-order valence-electron chi connectivity index (χ1n) is 5.44. The van der Waals surface area contributed by atoms with E-state index in [0.717, 1.165) is 17.9 Å². The molecule has 0 radical (unpaired) electrons. The highest BCUT2D eigenvalue weighted by Crippen LogP contribution is 2.20. The average molecular weight is 302 g/mol. The Morgan fingerprint density at radius 1 is 1.28 bits per heavy atom. The maximum atomic E-state index is 6.10. The Morgan fingerprint density at radius 3 is 2.72 bits per heavy atom. The van der Waals surface area contributed by atoms with E-state index in [2.05, 4.69) is 14.9 Å². The Labute approximate surface area is 120 Å². The van der Waals surface area contributed by atoms with Crippen molar-refractivity contribution in [3.05, 3.63) is 44.1 Å². The molecule has 0 aliphatic heterocycles. The Bertz CT molecular complexity index is 542. The molecular formula is C12H13Cl2N3S. The molecule has 0 aliphatic carbocycles. The van der Waals surface area contributed by atoms with Gasteiger partial charge in [0.2, 0.25) is 0 Å². The molecular weight excluding hydrogens is 289 g/mol. The third kappa shape index (κ3) is 3.42. The average Bonchev–Trinajstić information content (AvgIpc) is 2.70. The van der Waals surface area contributed by atoms with Gasteiger partial charge in [-0.15, -0.1) is 11.3 Å². The number of rotatable bonds is 4. The number of pyridine rings is 1. The molecule has 0 fully saturated rings. The van der Waals surface area contributed by atoms with E-state index in [-0.39, 0.29) is 0 Å². The van der Waals surface area contributed by atoms with Gasteiger partial charge in [0.1, 0.15) is 5.15 Å². The van der Waals surface area contributed by atoms with Crippen LogP contribution in [-0.4, -0.2) is 21.9 Å². The molecule has 96 valence electrons. The Kier molecular flexibility index (Phi) is 4.56. The predicted octanol–water partition coefficient (Wildman–Crippen LogP) is 3.79. The van der Waals surface area contributed by atoms with Crippen molar-refractivity contribution in [3.8, 4) is 0 Å². The quantitative estimate of drug-likeness (QED) is 0.805. The molecule has 0 atom stereocenters. The number of nitrogens with zero attached hydrogens (tertiary/aromatic N) is 3. The summed E-state index contributed by atoms with van der Waals surface area (Å²) in [6, 6.07) is 3.47. The lowest BCUT2D eigenvalue weighted by atomic mass is 10.3. The van der Waals surface area contributed by atoms with E-state index in [1.807, 2.05) is 19.5 Å². The fourth-order valence-electron chi connectivity index (χ4n) is 1.60. The molecule has 18 heavy (non-hydrogen) atoms. The smallest absolute Gasteiger partial charge is 0.129 e. The van der Waals surface area contributed by atoms with E-state index in [1.54, 1.807) is 23.5 Å². The van der Waals surface area contributed by atoms with Crippen LogP contribution < -0.4 is 0 Å². The van der Waals surface area contributed by atoms with Crippen LogP contribution in [0.2, 0.25) is 10.2 Å². The van der Waals surface area contributed by atoms with Crippen LogP contribution in [0.4, 0.5) is 0 Å². The van der Waals surface area contributed by atoms with Crippen LogP contribution in [0.15, 0.2) is 17.6 Å². The zero-order chi connectivity index (χ0) is 13.1. The number of halogens is 2. The number of hydrogen-bond donors (Lipinski definition) is 0. The van der Waals surface area contributed by atoms with E-state index in [0.29, 0.717) is 16.7 Å². The maximum absolute atomic E-state index is 6.10. The summed E-state index contributed by atoms with van der Waals surface area (Å²) in [5.74, 6) is 0. The van der Waals surface area contributed by atoms with Crippen LogP contribution in [0, 0.1) is 6.92 Å². The minimum atomic E-state index is 0.469. The molecule has 3 nitrogen and oxygen atoms in total. The fraction of sp³-hybridized carbons (Fsp3) is 0.333. The first-order valence-corrected chi connectivity index (χ1v) is 7.08. The lowest BCUT2D eigenvalue weighted by Gasteiger charge is -2.16. The summed E-state index contributed by atoms with van der Waals surface area (Å²) in [5, 5.41) is 1.11. The summed E-state index contributed by atoms with van der Waals surface area (Å²) in [6.07, 6.45) is 0. The van der Waals surface area contributed by atoms with Crippen LogP contribution in [0.1, 0.15) is 16.3 Å². The molecule has 2 aromatic heterocycles.